The molecule has 1 aliphatic rings. The SMILES string of the molecule is CC(C)C[C@H]1CN(C(=O)c2cncnc2)CCO1. The zero-order valence-electron chi connectivity index (χ0n) is 10.9. The molecule has 0 saturated carbocycles. The molecule has 1 atom stereocenters. The maximum atomic E-state index is 12.2. The van der Waals surface area contributed by atoms with Crippen LogP contribution in [-0.2, 0) is 4.74 Å². The van der Waals surface area contributed by atoms with E-state index in [1.165, 1.54) is 6.33 Å². The van der Waals surface area contributed by atoms with Crippen LogP contribution in [0.15, 0.2) is 18.7 Å². The van der Waals surface area contributed by atoms with Crippen molar-refractivity contribution in [1.29, 1.82) is 0 Å². The summed E-state index contributed by atoms with van der Waals surface area (Å²) in [4.78, 5) is 21.8. The average Bonchev–Trinajstić information content (AvgIpc) is 2.38. The van der Waals surface area contributed by atoms with Crippen LogP contribution in [0.3, 0.4) is 0 Å². The van der Waals surface area contributed by atoms with E-state index in [2.05, 4.69) is 23.8 Å². The predicted octanol–water partition coefficient (Wildman–Crippen LogP) is 1.36. The number of rotatable bonds is 3. The van der Waals surface area contributed by atoms with Crippen molar-refractivity contribution in [3.63, 3.8) is 0 Å². The van der Waals surface area contributed by atoms with Crippen molar-refractivity contribution in [3.8, 4) is 0 Å². The first-order valence-electron chi connectivity index (χ1n) is 6.32. The fourth-order valence-electron chi connectivity index (χ4n) is 2.16. The Kier molecular flexibility index (Phi) is 4.25. The van der Waals surface area contributed by atoms with Gasteiger partial charge in [0.2, 0.25) is 0 Å². The lowest BCUT2D eigenvalue weighted by atomic mass is 10.0. The van der Waals surface area contributed by atoms with E-state index in [1.807, 2.05) is 4.90 Å². The van der Waals surface area contributed by atoms with Crippen molar-refractivity contribution in [3.05, 3.63) is 24.3 Å². The monoisotopic (exact) mass is 249 g/mol. The van der Waals surface area contributed by atoms with Gasteiger partial charge in [-0.3, -0.25) is 4.79 Å². The van der Waals surface area contributed by atoms with Gasteiger partial charge in [0.25, 0.3) is 5.91 Å². The Balaban J connectivity index is 1.98. The first kappa shape index (κ1) is 13.0. The largest absolute Gasteiger partial charge is 0.375 e. The highest BCUT2D eigenvalue weighted by Crippen LogP contribution is 2.15. The summed E-state index contributed by atoms with van der Waals surface area (Å²) in [5.41, 5.74) is 0.544. The minimum Gasteiger partial charge on any atom is -0.375 e. The highest BCUT2D eigenvalue weighted by molar-refractivity contribution is 5.93. The summed E-state index contributed by atoms with van der Waals surface area (Å²) < 4.78 is 5.68. The number of aromatic nitrogens is 2. The number of carbonyl (C=O) groups is 1. The molecule has 1 amide bonds. The van der Waals surface area contributed by atoms with Crippen molar-refractivity contribution in [1.82, 2.24) is 14.9 Å². The van der Waals surface area contributed by atoms with Crippen LogP contribution in [0.2, 0.25) is 0 Å². The molecule has 98 valence electrons. The summed E-state index contributed by atoms with van der Waals surface area (Å²) in [5, 5.41) is 0. The Morgan fingerprint density at radius 3 is 2.89 bits per heavy atom. The first-order chi connectivity index (χ1) is 8.66. The molecule has 0 unspecified atom stereocenters. The third-order valence-electron chi connectivity index (χ3n) is 2.97. The molecule has 1 aromatic heterocycles. The van der Waals surface area contributed by atoms with Crippen LogP contribution in [0.1, 0.15) is 30.6 Å². The molecule has 0 spiro atoms. The number of hydrogen-bond acceptors (Lipinski definition) is 4. The summed E-state index contributed by atoms with van der Waals surface area (Å²) in [5.74, 6) is 0.567. The van der Waals surface area contributed by atoms with Gasteiger partial charge in [-0.15, -0.1) is 0 Å². The molecule has 2 rings (SSSR count). The van der Waals surface area contributed by atoms with Crippen molar-refractivity contribution >= 4 is 5.91 Å². The van der Waals surface area contributed by atoms with E-state index in [0.717, 1.165) is 6.42 Å². The van der Waals surface area contributed by atoms with E-state index in [4.69, 9.17) is 4.74 Å². The highest BCUT2D eigenvalue weighted by atomic mass is 16.5. The standard InChI is InChI=1S/C13H19N3O2/c1-10(2)5-12-8-16(3-4-18-12)13(17)11-6-14-9-15-7-11/h6-7,9-10,12H,3-5,8H2,1-2H3/t12-/m0/s1. The number of hydrogen-bond donors (Lipinski definition) is 0. The molecule has 5 heteroatoms. The molecule has 18 heavy (non-hydrogen) atoms. The number of nitrogens with zero attached hydrogens (tertiary/aromatic N) is 3. The van der Waals surface area contributed by atoms with Gasteiger partial charge in [0.1, 0.15) is 6.33 Å². The van der Waals surface area contributed by atoms with E-state index >= 15 is 0 Å². The molecule has 2 heterocycles. The Labute approximate surface area is 107 Å². The molecule has 0 aliphatic carbocycles. The van der Waals surface area contributed by atoms with E-state index in [-0.39, 0.29) is 12.0 Å². The van der Waals surface area contributed by atoms with Crippen molar-refractivity contribution in [2.45, 2.75) is 26.4 Å². The van der Waals surface area contributed by atoms with Crippen LogP contribution >= 0.6 is 0 Å². The van der Waals surface area contributed by atoms with Crippen LogP contribution in [0.25, 0.3) is 0 Å². The number of carbonyl (C=O) groups excluding carboxylic acids is 1. The first-order valence-corrected chi connectivity index (χ1v) is 6.32. The van der Waals surface area contributed by atoms with Gasteiger partial charge in [-0.2, -0.15) is 0 Å². The normalized spacial score (nSPS) is 20.2. The van der Waals surface area contributed by atoms with Crippen molar-refractivity contribution in [2.75, 3.05) is 19.7 Å². The van der Waals surface area contributed by atoms with Crippen molar-refractivity contribution in [2.24, 2.45) is 5.92 Å². The Bertz CT molecular complexity index is 394. The lowest BCUT2D eigenvalue weighted by Crippen LogP contribution is -2.46. The van der Waals surface area contributed by atoms with Crippen LogP contribution in [0.4, 0.5) is 0 Å². The third kappa shape index (κ3) is 3.26. The Hall–Kier alpha value is -1.49. The molecule has 0 aromatic carbocycles. The highest BCUT2D eigenvalue weighted by Gasteiger charge is 2.25. The summed E-state index contributed by atoms with van der Waals surface area (Å²) in [6.07, 6.45) is 5.67. The van der Waals surface area contributed by atoms with Gasteiger partial charge in [0.15, 0.2) is 0 Å². The zero-order valence-corrected chi connectivity index (χ0v) is 10.9. The molecular formula is C13H19N3O2. The Morgan fingerprint density at radius 2 is 2.22 bits per heavy atom. The smallest absolute Gasteiger partial charge is 0.257 e. The minimum atomic E-state index is -0.00680. The van der Waals surface area contributed by atoms with Crippen LogP contribution in [0.5, 0.6) is 0 Å². The molecule has 0 bridgehead atoms. The lowest BCUT2D eigenvalue weighted by molar-refractivity contribution is -0.0298. The second-order valence-corrected chi connectivity index (χ2v) is 5.00. The number of ether oxygens (including phenoxy) is 1. The van der Waals surface area contributed by atoms with E-state index < -0.39 is 0 Å². The molecule has 1 aliphatic heterocycles. The summed E-state index contributed by atoms with van der Waals surface area (Å²) in [6.45, 7) is 6.23. The number of morpholine rings is 1. The van der Waals surface area contributed by atoms with Gasteiger partial charge in [-0.05, 0) is 12.3 Å². The maximum absolute atomic E-state index is 12.2. The van der Waals surface area contributed by atoms with Crippen molar-refractivity contribution < 1.29 is 9.53 Å². The lowest BCUT2D eigenvalue weighted by Gasteiger charge is -2.33. The van der Waals surface area contributed by atoms with Gasteiger partial charge in [0, 0.05) is 25.5 Å². The fraction of sp³-hybridized carbons (Fsp3) is 0.615. The second-order valence-electron chi connectivity index (χ2n) is 5.00. The fourth-order valence-corrected chi connectivity index (χ4v) is 2.16. The third-order valence-corrected chi connectivity index (χ3v) is 2.97. The van der Waals surface area contributed by atoms with E-state index in [1.54, 1.807) is 12.4 Å². The molecule has 1 saturated heterocycles. The van der Waals surface area contributed by atoms with Gasteiger partial charge in [-0.25, -0.2) is 9.97 Å². The summed E-state index contributed by atoms with van der Waals surface area (Å²) >= 11 is 0. The van der Waals surface area contributed by atoms with E-state index in [9.17, 15) is 4.79 Å². The van der Waals surface area contributed by atoms with Gasteiger partial charge < -0.3 is 9.64 Å². The molecule has 0 N–H and O–H groups in total. The second kappa shape index (κ2) is 5.91. The van der Waals surface area contributed by atoms with Gasteiger partial charge >= 0.3 is 0 Å². The van der Waals surface area contributed by atoms with Crippen LogP contribution in [-0.4, -0.2) is 46.6 Å². The van der Waals surface area contributed by atoms with Crippen LogP contribution in [0, 0.1) is 5.92 Å². The summed E-state index contributed by atoms with van der Waals surface area (Å²) in [6, 6.07) is 0. The molecule has 0 radical (unpaired) electrons. The molecule has 5 nitrogen and oxygen atoms in total. The minimum absolute atomic E-state index is 0.00680. The average molecular weight is 249 g/mol. The number of amides is 1. The maximum Gasteiger partial charge on any atom is 0.257 e. The summed E-state index contributed by atoms with van der Waals surface area (Å²) in [7, 11) is 0. The topological polar surface area (TPSA) is 55.3 Å². The van der Waals surface area contributed by atoms with Crippen LogP contribution < -0.4 is 0 Å². The predicted molar refractivity (Wildman–Crippen MR) is 67.1 cm³/mol. The Morgan fingerprint density at radius 1 is 1.50 bits per heavy atom. The molecular weight excluding hydrogens is 230 g/mol. The molecule has 1 aromatic rings. The zero-order chi connectivity index (χ0) is 13.0. The molecule has 1 fully saturated rings. The quantitative estimate of drug-likeness (QED) is 0.811. The van der Waals surface area contributed by atoms with Gasteiger partial charge in [0.05, 0.1) is 18.3 Å². The van der Waals surface area contributed by atoms with Gasteiger partial charge in [-0.1, -0.05) is 13.8 Å². The van der Waals surface area contributed by atoms with E-state index in [0.29, 0.717) is 31.2 Å².